The maximum atomic E-state index is 11.1. The topological polar surface area (TPSA) is 98.1 Å². The van der Waals surface area contributed by atoms with Crippen LogP contribution in [-0.4, -0.2) is 50.8 Å². The van der Waals surface area contributed by atoms with Gasteiger partial charge < -0.3 is 15.3 Å². The molecule has 1 aromatic rings. The number of hydrogen-bond acceptors (Lipinski definition) is 4. The Morgan fingerprint density at radius 2 is 1.82 bits per heavy atom. The molecule has 0 amide bonds. The van der Waals surface area contributed by atoms with Gasteiger partial charge in [-0.25, -0.2) is 9.59 Å². The van der Waals surface area contributed by atoms with Crippen LogP contribution < -0.4 is 0 Å². The predicted molar refractivity (Wildman–Crippen MR) is 79.3 cm³/mol. The van der Waals surface area contributed by atoms with Gasteiger partial charge >= 0.3 is 11.9 Å². The Labute approximate surface area is 129 Å². The molecule has 0 aromatic heterocycles. The normalized spacial score (nSPS) is 19.8. The van der Waals surface area contributed by atoms with E-state index in [1.165, 1.54) is 0 Å². The lowest BCUT2D eigenvalue weighted by Gasteiger charge is -2.35. The highest BCUT2D eigenvalue weighted by Gasteiger charge is 2.46. The summed E-state index contributed by atoms with van der Waals surface area (Å²) in [6.07, 6.45) is 1.34. The number of carboxylic acid groups (broad SMARTS) is 2. The van der Waals surface area contributed by atoms with E-state index in [1.807, 2.05) is 30.3 Å². The molecule has 1 aliphatic heterocycles. The number of carbonyl (C=O) groups is 2. The van der Waals surface area contributed by atoms with Gasteiger partial charge in [0.15, 0.2) is 0 Å². The molecule has 6 nitrogen and oxygen atoms in total. The number of aliphatic carboxylic acids is 2. The van der Waals surface area contributed by atoms with Gasteiger partial charge in [-0.3, -0.25) is 4.90 Å². The third-order valence-corrected chi connectivity index (χ3v) is 4.14. The minimum absolute atomic E-state index is 0.144. The molecule has 1 fully saturated rings. The first-order valence-electron chi connectivity index (χ1n) is 7.37. The monoisotopic (exact) mass is 307 g/mol. The van der Waals surface area contributed by atoms with Crippen molar-refractivity contribution in [2.24, 2.45) is 5.92 Å². The summed E-state index contributed by atoms with van der Waals surface area (Å²) in [6.45, 7) is 2.23. The van der Waals surface area contributed by atoms with Gasteiger partial charge in [-0.1, -0.05) is 30.3 Å². The van der Waals surface area contributed by atoms with Crippen LogP contribution >= 0.6 is 0 Å². The Morgan fingerprint density at radius 3 is 2.41 bits per heavy atom. The van der Waals surface area contributed by atoms with Gasteiger partial charge in [0.1, 0.15) is 0 Å². The zero-order valence-electron chi connectivity index (χ0n) is 12.3. The van der Waals surface area contributed by atoms with Crippen molar-refractivity contribution in [3.63, 3.8) is 0 Å². The molecule has 0 spiro atoms. The standard InChI is InChI=1S/C16H21NO5/c18-14(19)16(22,15(20)21)9-13-7-4-8-17(11-13)10-12-5-2-1-3-6-12/h1-3,5-6,13,22H,4,7-11H2,(H,18,19)(H,20,21). The molecule has 1 unspecified atom stereocenters. The molecule has 1 aromatic carbocycles. The first-order valence-corrected chi connectivity index (χ1v) is 7.37. The van der Waals surface area contributed by atoms with E-state index in [4.69, 9.17) is 10.2 Å². The van der Waals surface area contributed by atoms with Crippen molar-refractivity contribution in [1.82, 2.24) is 4.90 Å². The van der Waals surface area contributed by atoms with Gasteiger partial charge in [0.05, 0.1) is 0 Å². The number of aliphatic hydroxyl groups is 1. The van der Waals surface area contributed by atoms with Crippen molar-refractivity contribution in [3.05, 3.63) is 35.9 Å². The minimum Gasteiger partial charge on any atom is -0.479 e. The van der Waals surface area contributed by atoms with E-state index in [-0.39, 0.29) is 12.3 Å². The summed E-state index contributed by atoms with van der Waals surface area (Å²) >= 11 is 0. The van der Waals surface area contributed by atoms with Gasteiger partial charge in [-0.2, -0.15) is 0 Å². The molecule has 0 aliphatic carbocycles. The van der Waals surface area contributed by atoms with Gasteiger partial charge in [0, 0.05) is 19.5 Å². The highest BCUT2D eigenvalue weighted by molar-refractivity contribution is 6.01. The predicted octanol–water partition coefficient (Wildman–Crippen LogP) is 1.19. The van der Waals surface area contributed by atoms with E-state index in [9.17, 15) is 14.7 Å². The van der Waals surface area contributed by atoms with Crippen molar-refractivity contribution in [1.29, 1.82) is 0 Å². The number of carboxylic acids is 2. The number of rotatable bonds is 6. The summed E-state index contributed by atoms with van der Waals surface area (Å²) in [5, 5.41) is 27.9. The van der Waals surface area contributed by atoms with Crippen molar-refractivity contribution in [3.8, 4) is 0 Å². The third kappa shape index (κ3) is 3.84. The Hall–Kier alpha value is -1.92. The fraction of sp³-hybridized carbons (Fsp3) is 0.500. The maximum absolute atomic E-state index is 11.1. The van der Waals surface area contributed by atoms with E-state index in [0.717, 1.165) is 31.5 Å². The zero-order chi connectivity index (χ0) is 16.2. The highest BCUT2D eigenvalue weighted by Crippen LogP contribution is 2.27. The van der Waals surface area contributed by atoms with Crippen molar-refractivity contribution >= 4 is 11.9 Å². The molecule has 0 saturated carbocycles. The molecule has 1 saturated heterocycles. The molecule has 0 bridgehead atoms. The SMILES string of the molecule is O=C(O)C(O)(CC1CCCN(Cc2ccccc2)C1)C(=O)O. The Balaban J connectivity index is 1.98. The van der Waals surface area contributed by atoms with E-state index >= 15 is 0 Å². The van der Waals surface area contributed by atoms with E-state index in [2.05, 4.69) is 4.90 Å². The van der Waals surface area contributed by atoms with Crippen molar-refractivity contribution < 1.29 is 24.9 Å². The summed E-state index contributed by atoms with van der Waals surface area (Å²) < 4.78 is 0. The van der Waals surface area contributed by atoms with Crippen molar-refractivity contribution in [2.45, 2.75) is 31.4 Å². The summed E-state index contributed by atoms with van der Waals surface area (Å²) in [6, 6.07) is 9.92. The molecule has 1 aliphatic rings. The summed E-state index contributed by atoms with van der Waals surface area (Å²) in [4.78, 5) is 24.3. The van der Waals surface area contributed by atoms with Gasteiger partial charge in [0.2, 0.25) is 0 Å². The van der Waals surface area contributed by atoms with E-state index in [1.54, 1.807) is 0 Å². The number of benzene rings is 1. The zero-order valence-corrected chi connectivity index (χ0v) is 12.3. The smallest absolute Gasteiger partial charge is 0.347 e. The Morgan fingerprint density at radius 1 is 1.18 bits per heavy atom. The second kappa shape index (κ2) is 6.89. The van der Waals surface area contributed by atoms with Crippen LogP contribution in [0, 0.1) is 5.92 Å². The average molecular weight is 307 g/mol. The van der Waals surface area contributed by atoms with Gasteiger partial charge in [0.25, 0.3) is 5.60 Å². The van der Waals surface area contributed by atoms with Gasteiger partial charge in [-0.05, 0) is 30.9 Å². The molecular weight excluding hydrogens is 286 g/mol. The highest BCUT2D eigenvalue weighted by atomic mass is 16.4. The van der Waals surface area contributed by atoms with Crippen LogP contribution in [0.25, 0.3) is 0 Å². The number of likely N-dealkylation sites (tertiary alicyclic amines) is 1. The Kier molecular flexibility index (Phi) is 5.15. The first-order chi connectivity index (χ1) is 10.4. The molecule has 0 radical (unpaired) electrons. The lowest BCUT2D eigenvalue weighted by atomic mass is 9.85. The van der Waals surface area contributed by atoms with E-state index in [0.29, 0.717) is 6.54 Å². The maximum Gasteiger partial charge on any atom is 0.347 e. The molecule has 3 N–H and O–H groups in total. The molecule has 22 heavy (non-hydrogen) atoms. The molecular formula is C16H21NO5. The van der Waals surface area contributed by atoms with Crippen LogP contribution in [0.2, 0.25) is 0 Å². The summed E-state index contributed by atoms with van der Waals surface area (Å²) in [5.74, 6) is -3.53. The third-order valence-electron chi connectivity index (χ3n) is 4.14. The second-order valence-electron chi connectivity index (χ2n) is 5.90. The van der Waals surface area contributed by atoms with Crippen LogP contribution in [0.15, 0.2) is 30.3 Å². The number of nitrogens with zero attached hydrogens (tertiary/aromatic N) is 1. The van der Waals surface area contributed by atoms with Crippen LogP contribution in [0.1, 0.15) is 24.8 Å². The fourth-order valence-corrected chi connectivity index (χ4v) is 2.99. The fourth-order valence-electron chi connectivity index (χ4n) is 2.99. The number of hydrogen-bond donors (Lipinski definition) is 3. The first kappa shape index (κ1) is 16.5. The quantitative estimate of drug-likeness (QED) is 0.683. The van der Waals surface area contributed by atoms with E-state index < -0.39 is 17.5 Å². The second-order valence-corrected chi connectivity index (χ2v) is 5.90. The average Bonchev–Trinajstić information content (AvgIpc) is 2.48. The lowest BCUT2D eigenvalue weighted by molar-refractivity contribution is -0.178. The summed E-state index contributed by atoms with van der Waals surface area (Å²) in [7, 11) is 0. The minimum atomic E-state index is -2.69. The number of piperidine rings is 1. The van der Waals surface area contributed by atoms with Crippen LogP contribution in [0.5, 0.6) is 0 Å². The largest absolute Gasteiger partial charge is 0.479 e. The molecule has 2 rings (SSSR count). The Bertz CT molecular complexity index is 517. The van der Waals surface area contributed by atoms with Crippen LogP contribution in [0.4, 0.5) is 0 Å². The molecule has 120 valence electrons. The molecule has 6 heteroatoms. The summed E-state index contributed by atoms with van der Waals surface area (Å²) in [5.41, 5.74) is -1.53. The van der Waals surface area contributed by atoms with Crippen molar-refractivity contribution in [2.75, 3.05) is 13.1 Å². The molecule has 1 atom stereocenters. The van der Waals surface area contributed by atoms with Crippen LogP contribution in [0.3, 0.4) is 0 Å². The van der Waals surface area contributed by atoms with Gasteiger partial charge in [-0.15, -0.1) is 0 Å². The molecule has 1 heterocycles. The van der Waals surface area contributed by atoms with Crippen LogP contribution in [-0.2, 0) is 16.1 Å². The lowest BCUT2D eigenvalue weighted by Crippen LogP contribution is -2.50.